The van der Waals surface area contributed by atoms with Gasteiger partial charge in [0.1, 0.15) is 0 Å². The highest BCUT2D eigenvalue weighted by Gasteiger charge is 2.34. The highest BCUT2D eigenvalue weighted by atomic mass is 32.2. The molecular formula is C25H36N4O8S2. The van der Waals surface area contributed by atoms with Gasteiger partial charge in [-0.05, 0) is 43.0 Å². The molecule has 2 aromatic rings. The summed E-state index contributed by atoms with van der Waals surface area (Å²) >= 11 is 0. The fourth-order valence-corrected chi connectivity index (χ4v) is 6.09. The first kappa shape index (κ1) is 30.8. The fourth-order valence-electron chi connectivity index (χ4n) is 4.28. The third-order valence-corrected chi connectivity index (χ3v) is 8.54. The molecule has 0 spiro atoms. The average molecular weight is 585 g/mol. The van der Waals surface area contributed by atoms with E-state index in [1.807, 2.05) is 6.07 Å². The minimum Gasteiger partial charge on any atom is -0.465 e. The van der Waals surface area contributed by atoms with Crippen molar-refractivity contribution in [2.75, 3.05) is 31.2 Å². The van der Waals surface area contributed by atoms with Crippen LogP contribution in [0.1, 0.15) is 31.2 Å². The van der Waals surface area contributed by atoms with Crippen LogP contribution in [0.2, 0.25) is 0 Å². The van der Waals surface area contributed by atoms with Gasteiger partial charge in [-0.2, -0.15) is 0 Å². The lowest BCUT2D eigenvalue weighted by atomic mass is 10.0. The summed E-state index contributed by atoms with van der Waals surface area (Å²) in [5.41, 5.74) is 1.22. The normalized spacial score (nSPS) is 16.2. The summed E-state index contributed by atoms with van der Waals surface area (Å²) in [5, 5.41) is 25.7. The van der Waals surface area contributed by atoms with Gasteiger partial charge in [0.05, 0.1) is 35.9 Å². The van der Waals surface area contributed by atoms with E-state index in [4.69, 9.17) is 4.84 Å². The van der Waals surface area contributed by atoms with Crippen LogP contribution in [-0.2, 0) is 31.3 Å². The number of hydrogen-bond donors (Lipinski definition) is 5. The minimum absolute atomic E-state index is 0.0976. The number of carbonyl (C=O) groups is 1. The van der Waals surface area contributed by atoms with Gasteiger partial charge in [-0.15, -0.1) is 0 Å². The summed E-state index contributed by atoms with van der Waals surface area (Å²) in [6.45, 7) is -0.162. The van der Waals surface area contributed by atoms with Crippen molar-refractivity contribution in [3.8, 4) is 0 Å². The lowest BCUT2D eigenvalue weighted by Crippen LogP contribution is -2.50. The quantitative estimate of drug-likeness (QED) is 0.154. The Morgan fingerprint density at radius 1 is 1.05 bits per heavy atom. The second-order valence-corrected chi connectivity index (χ2v) is 13.1. The first-order valence-electron chi connectivity index (χ1n) is 12.6. The predicted octanol–water partition coefficient (Wildman–Crippen LogP) is 1.75. The Bertz CT molecular complexity index is 1290. The highest BCUT2D eigenvalue weighted by Crippen LogP contribution is 2.27. The first-order chi connectivity index (χ1) is 18.4. The number of carboxylic acid groups (broad SMARTS) is 1. The van der Waals surface area contributed by atoms with Crippen LogP contribution >= 0.6 is 0 Å². The van der Waals surface area contributed by atoms with Gasteiger partial charge < -0.3 is 20.8 Å². The number of anilines is 1. The molecule has 216 valence electrons. The molecule has 12 nitrogen and oxygen atoms in total. The maximum atomic E-state index is 13.7. The number of nitrogens with zero attached hydrogens (tertiary/aromatic N) is 1. The van der Waals surface area contributed by atoms with E-state index < -0.39 is 44.8 Å². The molecule has 1 amide bonds. The summed E-state index contributed by atoms with van der Waals surface area (Å²) < 4.78 is 53.0. The SMILES string of the molecule is CS(=O)(=O)NCCNc1cccc(S(=O)(=O)N(C[C@@H](O)[C@H](Cc2ccccc2)NC(=O)O)OC2CCCC2)c1. The van der Waals surface area contributed by atoms with Gasteiger partial charge in [0.15, 0.2) is 0 Å². The minimum atomic E-state index is -4.27. The van der Waals surface area contributed by atoms with Crippen LogP contribution in [0.4, 0.5) is 10.5 Å². The van der Waals surface area contributed by atoms with Gasteiger partial charge in [0, 0.05) is 18.8 Å². The first-order valence-corrected chi connectivity index (χ1v) is 16.0. The van der Waals surface area contributed by atoms with Gasteiger partial charge >= 0.3 is 6.09 Å². The molecular weight excluding hydrogens is 548 g/mol. The van der Waals surface area contributed by atoms with Gasteiger partial charge in [-0.3, -0.25) is 4.84 Å². The van der Waals surface area contributed by atoms with Crippen LogP contribution < -0.4 is 15.4 Å². The third-order valence-electron chi connectivity index (χ3n) is 6.20. The number of aliphatic hydroxyl groups excluding tert-OH is 1. The largest absolute Gasteiger partial charge is 0.465 e. The molecule has 1 aliphatic rings. The second-order valence-electron chi connectivity index (χ2n) is 9.44. The van der Waals surface area contributed by atoms with Crippen LogP contribution in [0.15, 0.2) is 59.5 Å². The van der Waals surface area contributed by atoms with Crippen LogP contribution in [0.25, 0.3) is 0 Å². The Balaban J connectivity index is 1.80. The lowest BCUT2D eigenvalue weighted by molar-refractivity contribution is -0.145. The molecule has 39 heavy (non-hydrogen) atoms. The maximum absolute atomic E-state index is 13.7. The zero-order valence-electron chi connectivity index (χ0n) is 21.7. The van der Waals surface area contributed by atoms with E-state index in [9.17, 15) is 31.8 Å². The number of rotatable bonds is 15. The van der Waals surface area contributed by atoms with Gasteiger partial charge in [0.25, 0.3) is 10.0 Å². The van der Waals surface area contributed by atoms with Crippen LogP contribution in [0.3, 0.4) is 0 Å². The van der Waals surface area contributed by atoms with Gasteiger partial charge in [-0.25, -0.2) is 26.4 Å². The Hall–Kier alpha value is -2.75. The van der Waals surface area contributed by atoms with E-state index in [1.165, 1.54) is 18.2 Å². The smallest absolute Gasteiger partial charge is 0.404 e. The van der Waals surface area contributed by atoms with Crippen LogP contribution in [0, 0.1) is 0 Å². The van der Waals surface area contributed by atoms with E-state index in [2.05, 4.69) is 15.4 Å². The molecule has 0 heterocycles. The van der Waals surface area contributed by atoms with E-state index in [-0.39, 0.29) is 30.5 Å². The van der Waals surface area contributed by atoms with E-state index >= 15 is 0 Å². The number of aliphatic hydroxyl groups is 1. The Morgan fingerprint density at radius 3 is 2.38 bits per heavy atom. The highest BCUT2D eigenvalue weighted by molar-refractivity contribution is 7.89. The number of hydroxylamine groups is 1. The molecule has 1 fully saturated rings. The molecule has 0 radical (unpaired) electrons. The lowest BCUT2D eigenvalue weighted by Gasteiger charge is -2.30. The zero-order valence-corrected chi connectivity index (χ0v) is 23.3. The Morgan fingerprint density at radius 2 is 1.74 bits per heavy atom. The maximum Gasteiger partial charge on any atom is 0.404 e. The average Bonchev–Trinajstić information content (AvgIpc) is 3.39. The van der Waals surface area contributed by atoms with Crippen molar-refractivity contribution in [1.29, 1.82) is 0 Å². The van der Waals surface area contributed by atoms with Crippen LogP contribution in [0.5, 0.6) is 0 Å². The molecule has 14 heteroatoms. The predicted molar refractivity (Wildman–Crippen MR) is 146 cm³/mol. The Labute approximate surface area is 229 Å². The summed E-state index contributed by atoms with van der Waals surface area (Å²) in [6, 6.07) is 13.9. The summed E-state index contributed by atoms with van der Waals surface area (Å²) in [4.78, 5) is 17.3. The molecule has 5 N–H and O–H groups in total. The second kappa shape index (κ2) is 14.1. The molecule has 0 aromatic heterocycles. The summed E-state index contributed by atoms with van der Waals surface area (Å²) in [5.74, 6) is 0. The molecule has 2 aromatic carbocycles. The van der Waals surface area contributed by atoms with Crippen molar-refractivity contribution >= 4 is 31.8 Å². The molecule has 3 rings (SSSR count). The van der Waals surface area contributed by atoms with Crippen molar-refractivity contribution in [3.05, 3.63) is 60.2 Å². The molecule has 1 saturated carbocycles. The van der Waals surface area contributed by atoms with Crippen molar-refractivity contribution in [3.63, 3.8) is 0 Å². The molecule has 0 aliphatic heterocycles. The molecule has 0 unspecified atom stereocenters. The van der Waals surface area contributed by atoms with Crippen molar-refractivity contribution < 1.29 is 36.7 Å². The van der Waals surface area contributed by atoms with Crippen LogP contribution in [-0.4, -0.2) is 81.8 Å². The molecule has 0 saturated heterocycles. The number of benzene rings is 2. The van der Waals surface area contributed by atoms with Gasteiger partial charge in [-0.1, -0.05) is 53.7 Å². The molecule has 2 atom stereocenters. The van der Waals surface area contributed by atoms with Crippen molar-refractivity contribution in [2.24, 2.45) is 0 Å². The number of amides is 1. The van der Waals surface area contributed by atoms with E-state index in [1.54, 1.807) is 30.3 Å². The standard InChI is InChI=1S/C25H36N4O8S2/c1-38(33,34)27-15-14-26-20-10-7-13-22(17-20)39(35,36)29(37-21-11-5-6-12-21)18-24(30)23(28-25(31)32)16-19-8-3-2-4-9-19/h2-4,7-10,13,17,21,23-24,26-28,30H,5-6,11-12,14-16,18H2,1H3,(H,31,32)/t23-,24+/m0/s1. The van der Waals surface area contributed by atoms with E-state index in [0.29, 0.717) is 18.5 Å². The summed E-state index contributed by atoms with van der Waals surface area (Å²) in [7, 11) is -7.62. The fraction of sp³-hybridized carbons (Fsp3) is 0.480. The van der Waals surface area contributed by atoms with E-state index in [0.717, 1.165) is 29.1 Å². The number of nitrogens with one attached hydrogen (secondary N) is 3. The third kappa shape index (κ3) is 10.1. The van der Waals surface area contributed by atoms with Crippen molar-refractivity contribution in [1.82, 2.24) is 14.5 Å². The van der Waals surface area contributed by atoms with Gasteiger partial charge in [0.2, 0.25) is 10.0 Å². The molecule has 1 aliphatic carbocycles. The van der Waals surface area contributed by atoms with Crippen molar-refractivity contribution in [2.45, 2.75) is 55.2 Å². The molecule has 0 bridgehead atoms. The number of sulfonamides is 2. The number of hydrogen-bond acceptors (Lipinski definition) is 8. The monoisotopic (exact) mass is 584 g/mol. The Kier molecular flexibility index (Phi) is 11.1. The summed E-state index contributed by atoms with van der Waals surface area (Å²) in [6.07, 6.45) is 1.19. The topological polar surface area (TPSA) is 174 Å². The zero-order chi connectivity index (χ0) is 28.5.